The zero-order valence-corrected chi connectivity index (χ0v) is 13.4. The van der Waals surface area contributed by atoms with Crippen LogP contribution in [0.4, 0.5) is 5.82 Å². The van der Waals surface area contributed by atoms with Gasteiger partial charge in [-0.25, -0.2) is 9.78 Å². The minimum absolute atomic E-state index is 0.0850. The van der Waals surface area contributed by atoms with Crippen LogP contribution in [0.25, 0.3) is 0 Å². The summed E-state index contributed by atoms with van der Waals surface area (Å²) in [4.78, 5) is 52.3. The molecule has 24 heavy (non-hydrogen) atoms. The van der Waals surface area contributed by atoms with Crippen LogP contribution in [0.2, 0.25) is 0 Å². The third kappa shape index (κ3) is 2.92. The van der Waals surface area contributed by atoms with E-state index in [0.29, 0.717) is 18.1 Å². The molecule has 2 aromatic heterocycles. The van der Waals surface area contributed by atoms with Gasteiger partial charge in [-0.1, -0.05) is 0 Å². The fourth-order valence-electron chi connectivity index (χ4n) is 2.79. The number of nitrogens with zero attached hydrogens (tertiary/aromatic N) is 4. The summed E-state index contributed by atoms with van der Waals surface area (Å²) in [6, 6.07) is -0.240. The van der Waals surface area contributed by atoms with Gasteiger partial charge in [0.25, 0.3) is 11.5 Å². The minimum atomic E-state index is -0.692. The van der Waals surface area contributed by atoms with Crippen molar-refractivity contribution in [3.63, 3.8) is 0 Å². The van der Waals surface area contributed by atoms with Crippen molar-refractivity contribution < 1.29 is 4.79 Å². The molecule has 1 aliphatic rings. The largest absolute Gasteiger partial charge is 0.361 e. The summed E-state index contributed by atoms with van der Waals surface area (Å²) < 4.78 is 0. The summed E-state index contributed by atoms with van der Waals surface area (Å²) in [6.07, 6.45) is 6.00. The van der Waals surface area contributed by atoms with Crippen molar-refractivity contribution in [1.82, 2.24) is 24.8 Å². The summed E-state index contributed by atoms with van der Waals surface area (Å²) in [5.74, 6) is 0.278. The Balaban J connectivity index is 1.93. The summed E-state index contributed by atoms with van der Waals surface area (Å²) in [7, 11) is 3.73. The van der Waals surface area contributed by atoms with Crippen LogP contribution < -0.4 is 16.1 Å². The summed E-state index contributed by atoms with van der Waals surface area (Å²) in [5.41, 5.74) is -0.729. The van der Waals surface area contributed by atoms with E-state index >= 15 is 0 Å². The topological polar surface area (TPSA) is 115 Å². The lowest BCUT2D eigenvalue weighted by Crippen LogP contribution is -2.37. The van der Waals surface area contributed by atoms with Crippen LogP contribution >= 0.6 is 0 Å². The Labute approximate surface area is 137 Å². The van der Waals surface area contributed by atoms with Gasteiger partial charge in [0, 0.05) is 26.8 Å². The highest BCUT2D eigenvalue weighted by Crippen LogP contribution is 2.31. The first-order chi connectivity index (χ1) is 11.5. The molecule has 3 heterocycles. The van der Waals surface area contributed by atoms with Crippen LogP contribution in [0.3, 0.4) is 0 Å². The molecule has 0 saturated carbocycles. The van der Waals surface area contributed by atoms with Gasteiger partial charge >= 0.3 is 5.69 Å². The minimum Gasteiger partial charge on any atom is -0.361 e. The van der Waals surface area contributed by atoms with Gasteiger partial charge < -0.3 is 14.8 Å². The number of anilines is 1. The number of hydrogen-bond donors (Lipinski definition) is 2. The molecule has 0 aromatic carbocycles. The van der Waals surface area contributed by atoms with Crippen LogP contribution in [0, 0.1) is 0 Å². The van der Waals surface area contributed by atoms with Crippen molar-refractivity contribution >= 4 is 11.7 Å². The Kier molecular flexibility index (Phi) is 4.15. The highest BCUT2D eigenvalue weighted by molar-refractivity contribution is 5.94. The van der Waals surface area contributed by atoms with Crippen molar-refractivity contribution in [3.8, 4) is 0 Å². The third-order valence-corrected chi connectivity index (χ3v) is 4.00. The Morgan fingerprint density at radius 1 is 1.33 bits per heavy atom. The molecular formula is C15H18N6O3. The van der Waals surface area contributed by atoms with E-state index in [1.165, 1.54) is 0 Å². The van der Waals surface area contributed by atoms with E-state index in [0.717, 1.165) is 19.0 Å². The molecule has 3 rings (SSSR count). The molecule has 1 atom stereocenters. The van der Waals surface area contributed by atoms with Crippen LogP contribution in [0.1, 0.15) is 34.9 Å². The molecule has 1 amide bonds. The van der Waals surface area contributed by atoms with Gasteiger partial charge in [0.15, 0.2) is 0 Å². The Morgan fingerprint density at radius 3 is 2.83 bits per heavy atom. The van der Waals surface area contributed by atoms with E-state index < -0.39 is 17.2 Å². The van der Waals surface area contributed by atoms with Crippen molar-refractivity contribution in [3.05, 3.63) is 50.7 Å². The molecule has 1 aliphatic heterocycles. The number of hydrogen-bond acceptors (Lipinski definition) is 6. The molecule has 0 radical (unpaired) electrons. The van der Waals surface area contributed by atoms with E-state index in [4.69, 9.17) is 0 Å². The van der Waals surface area contributed by atoms with Gasteiger partial charge in [-0.15, -0.1) is 0 Å². The molecule has 0 aliphatic carbocycles. The van der Waals surface area contributed by atoms with E-state index in [2.05, 4.69) is 19.9 Å². The lowest BCUT2D eigenvalue weighted by Gasteiger charge is -2.24. The molecule has 9 nitrogen and oxygen atoms in total. The van der Waals surface area contributed by atoms with Crippen molar-refractivity contribution in [1.29, 1.82) is 0 Å². The number of H-pyrrole nitrogens is 2. The van der Waals surface area contributed by atoms with Gasteiger partial charge in [-0.3, -0.25) is 19.6 Å². The maximum atomic E-state index is 12.7. The molecule has 0 spiro atoms. The third-order valence-electron chi connectivity index (χ3n) is 4.00. The van der Waals surface area contributed by atoms with Crippen molar-refractivity contribution in [2.45, 2.75) is 18.9 Å². The second-order valence-electron chi connectivity index (χ2n) is 5.84. The van der Waals surface area contributed by atoms with Crippen molar-refractivity contribution in [2.24, 2.45) is 0 Å². The number of aromatic amines is 2. The van der Waals surface area contributed by atoms with Crippen LogP contribution in [-0.2, 0) is 0 Å². The summed E-state index contributed by atoms with van der Waals surface area (Å²) >= 11 is 0. The molecule has 1 saturated heterocycles. The second-order valence-corrected chi connectivity index (χ2v) is 5.84. The first-order valence-electron chi connectivity index (χ1n) is 7.59. The fourth-order valence-corrected chi connectivity index (χ4v) is 2.79. The molecule has 9 heteroatoms. The number of likely N-dealkylation sites (tertiary alicyclic amines) is 1. The maximum Gasteiger partial charge on any atom is 0.325 e. The molecule has 126 valence electrons. The van der Waals surface area contributed by atoms with Gasteiger partial charge in [0.1, 0.15) is 11.4 Å². The molecule has 2 aromatic rings. The summed E-state index contributed by atoms with van der Waals surface area (Å²) in [5, 5.41) is 0. The Bertz CT molecular complexity index is 872. The zero-order valence-electron chi connectivity index (χ0n) is 13.4. The number of amides is 1. The van der Waals surface area contributed by atoms with Gasteiger partial charge in [-0.05, 0) is 12.8 Å². The second kappa shape index (κ2) is 6.26. The quantitative estimate of drug-likeness (QED) is 0.812. The molecule has 1 fully saturated rings. The highest BCUT2D eigenvalue weighted by Gasteiger charge is 2.33. The number of carbonyl (C=O) groups is 1. The maximum absolute atomic E-state index is 12.7. The standard InChI is InChI=1S/C15H18N6O3/c1-20(2)12-8-16-7-10(18-12)11-4-3-5-21(11)14(23)9-6-17-15(24)19-13(9)22/h6-8,11H,3-5H2,1-2H3,(H2,17,19,22,24)/t11-/m1/s1. The zero-order chi connectivity index (χ0) is 17.3. The lowest BCUT2D eigenvalue weighted by molar-refractivity contribution is 0.0730. The smallest absolute Gasteiger partial charge is 0.325 e. The van der Waals surface area contributed by atoms with E-state index in [1.807, 2.05) is 19.0 Å². The number of rotatable bonds is 3. The predicted molar refractivity (Wildman–Crippen MR) is 87.1 cm³/mol. The monoisotopic (exact) mass is 330 g/mol. The van der Waals surface area contributed by atoms with E-state index in [-0.39, 0.29) is 11.6 Å². The fraction of sp³-hybridized carbons (Fsp3) is 0.400. The van der Waals surface area contributed by atoms with Gasteiger partial charge in [0.2, 0.25) is 0 Å². The van der Waals surface area contributed by atoms with Gasteiger partial charge in [-0.2, -0.15) is 0 Å². The highest BCUT2D eigenvalue weighted by atomic mass is 16.2. The SMILES string of the molecule is CN(C)c1cncc([C@H]2CCCN2C(=O)c2c[nH]c(=O)[nH]c2=O)n1. The first kappa shape index (κ1) is 15.9. The number of nitrogens with one attached hydrogen (secondary N) is 2. The Morgan fingerprint density at radius 2 is 2.12 bits per heavy atom. The summed E-state index contributed by atoms with van der Waals surface area (Å²) in [6.45, 7) is 0.524. The molecular weight excluding hydrogens is 312 g/mol. The van der Waals surface area contributed by atoms with E-state index in [9.17, 15) is 14.4 Å². The van der Waals surface area contributed by atoms with Crippen LogP contribution in [0.15, 0.2) is 28.2 Å². The van der Waals surface area contributed by atoms with Crippen LogP contribution in [-0.4, -0.2) is 51.4 Å². The first-order valence-corrected chi connectivity index (χ1v) is 7.59. The number of carbonyl (C=O) groups excluding carboxylic acids is 1. The Hall–Kier alpha value is -2.97. The van der Waals surface area contributed by atoms with Crippen LogP contribution in [0.5, 0.6) is 0 Å². The lowest BCUT2D eigenvalue weighted by atomic mass is 10.1. The molecule has 0 bridgehead atoms. The average molecular weight is 330 g/mol. The van der Waals surface area contributed by atoms with Crippen molar-refractivity contribution in [2.75, 3.05) is 25.5 Å². The normalized spacial score (nSPS) is 17.1. The molecule has 2 N–H and O–H groups in total. The predicted octanol–water partition coefficient (Wildman–Crippen LogP) is -0.103. The van der Waals surface area contributed by atoms with Gasteiger partial charge in [0.05, 0.1) is 24.1 Å². The average Bonchev–Trinajstić information content (AvgIpc) is 3.04. The van der Waals surface area contributed by atoms with E-state index in [1.54, 1.807) is 17.3 Å². The number of aromatic nitrogens is 4. The molecule has 0 unspecified atom stereocenters.